The van der Waals surface area contributed by atoms with Gasteiger partial charge in [-0.1, -0.05) is 54.6 Å². The molecule has 0 amide bonds. The average molecular weight is 316 g/mol. The van der Waals surface area contributed by atoms with Gasteiger partial charge in [0.15, 0.2) is 0 Å². The van der Waals surface area contributed by atoms with E-state index in [4.69, 9.17) is 9.47 Å². The smallest absolute Gasteiger partial charge is 0.0850 e. The SMILES string of the molecule is c1cc(-c2ccc3cc(CC4CO4)ccc3c2)ccc1CC1CO1. The number of hydrogen-bond acceptors (Lipinski definition) is 2. The summed E-state index contributed by atoms with van der Waals surface area (Å²) in [5, 5.41) is 2.60. The maximum Gasteiger partial charge on any atom is 0.0850 e. The molecule has 2 unspecified atom stereocenters. The fourth-order valence-electron chi connectivity index (χ4n) is 3.33. The number of rotatable bonds is 5. The summed E-state index contributed by atoms with van der Waals surface area (Å²) in [5.41, 5.74) is 5.26. The summed E-state index contributed by atoms with van der Waals surface area (Å²) < 4.78 is 10.6. The van der Waals surface area contributed by atoms with E-state index in [2.05, 4.69) is 60.7 Å². The molecule has 2 aliphatic heterocycles. The molecule has 0 N–H and O–H groups in total. The van der Waals surface area contributed by atoms with Gasteiger partial charge in [-0.15, -0.1) is 0 Å². The highest BCUT2D eigenvalue weighted by atomic mass is 16.6. The van der Waals surface area contributed by atoms with Crippen molar-refractivity contribution < 1.29 is 9.47 Å². The van der Waals surface area contributed by atoms with Crippen LogP contribution in [0.1, 0.15) is 11.1 Å². The molecule has 2 heterocycles. The van der Waals surface area contributed by atoms with Gasteiger partial charge in [0, 0.05) is 12.8 Å². The number of epoxide rings is 2. The first-order valence-electron chi connectivity index (χ1n) is 8.69. The van der Waals surface area contributed by atoms with Crippen LogP contribution in [0.2, 0.25) is 0 Å². The first kappa shape index (κ1) is 14.2. The summed E-state index contributed by atoms with van der Waals surface area (Å²) >= 11 is 0. The van der Waals surface area contributed by atoms with Gasteiger partial charge in [-0.3, -0.25) is 0 Å². The first-order valence-corrected chi connectivity index (χ1v) is 8.69. The van der Waals surface area contributed by atoms with E-state index in [0.717, 1.165) is 26.1 Å². The third-order valence-electron chi connectivity index (χ3n) is 4.92. The number of fused-ring (bicyclic) bond motifs is 1. The van der Waals surface area contributed by atoms with Gasteiger partial charge >= 0.3 is 0 Å². The van der Waals surface area contributed by atoms with E-state index in [1.807, 2.05) is 0 Å². The Morgan fingerprint density at radius 2 is 1.17 bits per heavy atom. The number of ether oxygens (including phenoxy) is 2. The lowest BCUT2D eigenvalue weighted by atomic mass is 9.98. The summed E-state index contributed by atoms with van der Waals surface area (Å²) in [6.07, 6.45) is 2.96. The van der Waals surface area contributed by atoms with Gasteiger partial charge in [0.1, 0.15) is 0 Å². The van der Waals surface area contributed by atoms with Crippen LogP contribution in [0.15, 0.2) is 60.7 Å². The Morgan fingerprint density at radius 3 is 1.88 bits per heavy atom. The molecule has 3 aromatic carbocycles. The van der Waals surface area contributed by atoms with Crippen LogP contribution in [-0.2, 0) is 22.3 Å². The molecule has 5 rings (SSSR count). The van der Waals surface area contributed by atoms with E-state index < -0.39 is 0 Å². The average Bonchev–Trinajstić information content (AvgIpc) is 3.52. The Bertz CT molecular complexity index is 874. The normalized spacial score (nSPS) is 21.8. The van der Waals surface area contributed by atoms with Crippen LogP contribution < -0.4 is 0 Å². The van der Waals surface area contributed by atoms with Gasteiger partial charge in [-0.2, -0.15) is 0 Å². The minimum absolute atomic E-state index is 0.446. The van der Waals surface area contributed by atoms with Crippen molar-refractivity contribution in [2.75, 3.05) is 13.2 Å². The Morgan fingerprint density at radius 1 is 0.625 bits per heavy atom. The van der Waals surface area contributed by atoms with Gasteiger partial charge in [0.2, 0.25) is 0 Å². The molecule has 0 spiro atoms. The van der Waals surface area contributed by atoms with Crippen molar-refractivity contribution in [1.29, 1.82) is 0 Å². The predicted molar refractivity (Wildman–Crippen MR) is 96.3 cm³/mol. The summed E-state index contributed by atoms with van der Waals surface area (Å²) in [6, 6.07) is 22.4. The van der Waals surface area contributed by atoms with Crippen molar-refractivity contribution in [1.82, 2.24) is 0 Å². The fraction of sp³-hybridized carbons (Fsp3) is 0.273. The third-order valence-corrected chi connectivity index (χ3v) is 4.92. The molecular weight excluding hydrogens is 296 g/mol. The fourth-order valence-corrected chi connectivity index (χ4v) is 3.33. The van der Waals surface area contributed by atoms with Crippen molar-refractivity contribution >= 4 is 10.8 Å². The molecule has 0 saturated carbocycles. The zero-order valence-corrected chi connectivity index (χ0v) is 13.6. The molecular formula is C22H20O2. The highest BCUT2D eigenvalue weighted by molar-refractivity contribution is 5.87. The molecule has 2 heteroatoms. The minimum Gasteiger partial charge on any atom is -0.373 e. The van der Waals surface area contributed by atoms with Gasteiger partial charge in [0.25, 0.3) is 0 Å². The van der Waals surface area contributed by atoms with Crippen LogP contribution in [0.4, 0.5) is 0 Å². The summed E-state index contributed by atoms with van der Waals surface area (Å²) in [7, 11) is 0. The Balaban J connectivity index is 1.41. The quantitative estimate of drug-likeness (QED) is 0.652. The van der Waals surface area contributed by atoms with Crippen LogP contribution in [0.3, 0.4) is 0 Å². The second-order valence-corrected chi connectivity index (χ2v) is 6.91. The van der Waals surface area contributed by atoms with Crippen LogP contribution in [-0.4, -0.2) is 25.4 Å². The van der Waals surface area contributed by atoms with E-state index in [0.29, 0.717) is 12.2 Å². The van der Waals surface area contributed by atoms with Crippen molar-refractivity contribution in [2.45, 2.75) is 25.0 Å². The van der Waals surface area contributed by atoms with Crippen molar-refractivity contribution in [3.63, 3.8) is 0 Å². The second kappa shape index (κ2) is 5.73. The molecule has 0 aromatic heterocycles. The lowest BCUT2D eigenvalue weighted by molar-refractivity contribution is 0.407. The molecule has 2 aliphatic rings. The van der Waals surface area contributed by atoms with Crippen molar-refractivity contribution in [3.8, 4) is 11.1 Å². The summed E-state index contributed by atoms with van der Waals surface area (Å²) in [4.78, 5) is 0. The minimum atomic E-state index is 0.446. The van der Waals surface area contributed by atoms with E-state index in [1.165, 1.54) is 33.0 Å². The monoisotopic (exact) mass is 316 g/mol. The molecule has 0 bridgehead atoms. The van der Waals surface area contributed by atoms with Gasteiger partial charge in [0.05, 0.1) is 25.4 Å². The lowest BCUT2D eigenvalue weighted by Crippen LogP contribution is -1.93. The first-order chi connectivity index (χ1) is 11.8. The molecule has 2 atom stereocenters. The Labute approximate surface area is 142 Å². The third kappa shape index (κ3) is 3.08. The maximum atomic E-state index is 5.33. The molecule has 24 heavy (non-hydrogen) atoms. The number of hydrogen-bond donors (Lipinski definition) is 0. The van der Waals surface area contributed by atoms with E-state index in [-0.39, 0.29) is 0 Å². The Kier molecular flexibility index (Phi) is 3.39. The molecule has 2 nitrogen and oxygen atoms in total. The number of benzene rings is 3. The van der Waals surface area contributed by atoms with E-state index in [1.54, 1.807) is 0 Å². The predicted octanol–water partition coefficient (Wildman–Crippen LogP) is 4.39. The summed E-state index contributed by atoms with van der Waals surface area (Å²) in [6.45, 7) is 1.83. The van der Waals surface area contributed by atoms with Gasteiger partial charge in [-0.25, -0.2) is 0 Å². The van der Waals surface area contributed by atoms with Gasteiger partial charge < -0.3 is 9.47 Å². The highest BCUT2D eigenvalue weighted by Crippen LogP contribution is 2.27. The van der Waals surface area contributed by atoms with Gasteiger partial charge in [-0.05, 0) is 39.1 Å². The zero-order valence-electron chi connectivity index (χ0n) is 13.6. The molecule has 120 valence electrons. The zero-order chi connectivity index (χ0) is 15.9. The summed E-state index contributed by atoms with van der Waals surface area (Å²) in [5.74, 6) is 0. The molecule has 2 saturated heterocycles. The van der Waals surface area contributed by atoms with Crippen LogP contribution in [0.25, 0.3) is 21.9 Å². The standard InChI is InChI=1S/C22H20O2/c1-4-17(5-2-15(1)10-21-13-23-21)19-8-7-18-9-16(11-22-14-24-22)3-6-20(18)12-19/h1-9,12,21-22H,10-11,13-14H2. The largest absolute Gasteiger partial charge is 0.373 e. The van der Waals surface area contributed by atoms with Crippen LogP contribution in [0, 0.1) is 0 Å². The second-order valence-electron chi connectivity index (χ2n) is 6.91. The lowest BCUT2D eigenvalue weighted by Gasteiger charge is -2.07. The van der Waals surface area contributed by atoms with E-state index >= 15 is 0 Å². The van der Waals surface area contributed by atoms with Crippen molar-refractivity contribution in [2.24, 2.45) is 0 Å². The topological polar surface area (TPSA) is 25.1 Å². The Hall–Kier alpha value is -2.16. The maximum absolute atomic E-state index is 5.33. The molecule has 0 radical (unpaired) electrons. The van der Waals surface area contributed by atoms with Crippen molar-refractivity contribution in [3.05, 3.63) is 71.8 Å². The molecule has 0 aliphatic carbocycles. The van der Waals surface area contributed by atoms with E-state index in [9.17, 15) is 0 Å². The van der Waals surface area contributed by atoms with Crippen LogP contribution >= 0.6 is 0 Å². The molecule has 3 aromatic rings. The molecule has 2 fully saturated rings. The highest BCUT2D eigenvalue weighted by Gasteiger charge is 2.23. The van der Waals surface area contributed by atoms with Crippen LogP contribution in [0.5, 0.6) is 0 Å².